The van der Waals surface area contributed by atoms with E-state index in [2.05, 4.69) is 6.58 Å². The predicted molar refractivity (Wildman–Crippen MR) is 85.6 cm³/mol. The molecule has 0 radical (unpaired) electrons. The van der Waals surface area contributed by atoms with Crippen LogP contribution in [0.1, 0.15) is 11.5 Å². The number of allylic oxidation sites excluding steroid dienone is 4. The average molecular weight is 446 g/mol. The van der Waals surface area contributed by atoms with E-state index in [9.17, 15) is 9.59 Å². The average Bonchev–Trinajstić information content (AvgIpc) is 2.59. The third-order valence-electron chi connectivity index (χ3n) is 3.25. The summed E-state index contributed by atoms with van der Waals surface area (Å²) in [6.07, 6.45) is 4.23. The van der Waals surface area contributed by atoms with E-state index in [-0.39, 0.29) is 112 Å². The predicted octanol–water partition coefficient (Wildman–Crippen LogP) is -9.18. The Morgan fingerprint density at radius 1 is 1.07 bits per heavy atom. The molecule has 0 heterocycles. The first-order valence-corrected chi connectivity index (χ1v) is 8.63. The van der Waals surface area contributed by atoms with Gasteiger partial charge in [0, 0.05) is 17.6 Å². The van der Waals surface area contributed by atoms with Crippen molar-refractivity contribution >= 4 is 24.9 Å². The van der Waals surface area contributed by atoms with Crippen LogP contribution in [0.2, 0.25) is 0 Å². The summed E-state index contributed by atoms with van der Waals surface area (Å²) in [7, 11) is -4.06. The SMILES string of the molecule is C=CC(C1=CC(=O)C(OC)=CC1=O)c1ccccc1.O=C([O-])P(=O)([O-])[O-].[Na+].[Na+].[Na+]. The number of hydrogen-bond donors (Lipinski definition) is 0. The molecule has 0 aliphatic heterocycles. The van der Waals surface area contributed by atoms with Crippen molar-refractivity contribution in [3.05, 3.63) is 72.0 Å². The van der Waals surface area contributed by atoms with E-state index in [1.165, 1.54) is 19.3 Å². The van der Waals surface area contributed by atoms with Crippen molar-refractivity contribution in [3.8, 4) is 0 Å². The largest absolute Gasteiger partial charge is 1.00 e. The number of carbonyl (C=O) groups is 3. The fraction of sp³-hybridized carbons (Fsp3) is 0.118. The van der Waals surface area contributed by atoms with Crippen LogP contribution in [-0.4, -0.2) is 24.4 Å². The van der Waals surface area contributed by atoms with Crippen LogP contribution < -0.4 is 104 Å². The molecule has 1 atom stereocenters. The molecule has 0 saturated carbocycles. The fourth-order valence-corrected chi connectivity index (χ4v) is 2.06. The molecule has 12 heteroatoms. The Hall–Kier alpha value is 0.200. The molecule has 2 rings (SSSR count). The van der Waals surface area contributed by atoms with E-state index in [0.29, 0.717) is 5.57 Å². The Bertz CT molecular complexity index is 830. The minimum Gasteiger partial charge on any atom is -0.807 e. The Kier molecular flexibility index (Phi) is 18.6. The van der Waals surface area contributed by atoms with Crippen LogP contribution in [0, 0.1) is 0 Å². The first kappa shape index (κ1) is 33.8. The third kappa shape index (κ3) is 10.9. The van der Waals surface area contributed by atoms with E-state index in [1.807, 2.05) is 30.3 Å². The second kappa shape index (κ2) is 15.9. The fourth-order valence-electron chi connectivity index (χ4n) is 2.06. The standard InChI is InChI=1S/C16H14O3.CH3O5P.3Na/c1-3-12(11-7-5-4-6-8-11)13-9-15(18)16(19-2)10-14(13)17;2-1(3)7(4,5)6;;;/h3-10,12H,1H2,2H3;(H,2,3)(H2,4,5,6);;;/q;;3*+1/p-3. The summed E-state index contributed by atoms with van der Waals surface area (Å²) >= 11 is 0. The van der Waals surface area contributed by atoms with Gasteiger partial charge in [0.1, 0.15) is 0 Å². The molecule has 29 heavy (non-hydrogen) atoms. The molecule has 8 nitrogen and oxygen atoms in total. The van der Waals surface area contributed by atoms with E-state index in [4.69, 9.17) is 29.0 Å². The molecule has 1 aliphatic rings. The van der Waals surface area contributed by atoms with Crippen molar-refractivity contribution in [3.63, 3.8) is 0 Å². The zero-order chi connectivity index (χ0) is 19.9. The molecule has 0 N–H and O–H groups in total. The van der Waals surface area contributed by atoms with Gasteiger partial charge >= 0.3 is 88.7 Å². The van der Waals surface area contributed by atoms with Crippen LogP contribution in [0.4, 0.5) is 4.79 Å². The summed E-state index contributed by atoms with van der Waals surface area (Å²) in [6, 6.07) is 9.48. The maximum Gasteiger partial charge on any atom is 1.00 e. The zero-order valence-corrected chi connectivity index (χ0v) is 23.5. The van der Waals surface area contributed by atoms with E-state index in [1.54, 1.807) is 6.08 Å². The molecule has 1 aromatic rings. The van der Waals surface area contributed by atoms with Crippen LogP contribution in [0.25, 0.3) is 0 Å². The van der Waals surface area contributed by atoms with Gasteiger partial charge in [-0.25, -0.2) is 0 Å². The number of methoxy groups -OCH3 is 1. The minimum absolute atomic E-state index is 0. The van der Waals surface area contributed by atoms with E-state index < -0.39 is 13.3 Å². The van der Waals surface area contributed by atoms with Gasteiger partial charge in [-0.3, -0.25) is 9.59 Å². The number of hydrogen-bond acceptors (Lipinski definition) is 8. The van der Waals surface area contributed by atoms with Crippen molar-refractivity contribution in [2.45, 2.75) is 5.92 Å². The minimum atomic E-state index is -5.43. The molecular weight excluding hydrogens is 432 g/mol. The summed E-state index contributed by atoms with van der Waals surface area (Å²) in [5, 5.41) is 9.02. The van der Waals surface area contributed by atoms with Gasteiger partial charge < -0.3 is 29.0 Å². The monoisotopic (exact) mass is 446 g/mol. The normalized spacial score (nSPS) is 13.5. The topological polar surface area (TPSA) is 147 Å². The summed E-state index contributed by atoms with van der Waals surface area (Å²) in [5.74, 6) is -0.720. The number of benzene rings is 1. The van der Waals surface area contributed by atoms with Crippen LogP contribution in [0.15, 0.2) is 66.5 Å². The van der Waals surface area contributed by atoms with Crippen LogP contribution in [0.5, 0.6) is 0 Å². The van der Waals surface area contributed by atoms with Crippen molar-refractivity contribution in [2.24, 2.45) is 0 Å². The van der Waals surface area contributed by atoms with E-state index in [0.717, 1.165) is 5.56 Å². The first-order chi connectivity index (χ1) is 12.1. The Labute approximate surface area is 234 Å². The van der Waals surface area contributed by atoms with Gasteiger partial charge in [-0.05, 0) is 19.2 Å². The molecule has 0 amide bonds. The first-order valence-electron chi connectivity index (χ1n) is 7.08. The smallest absolute Gasteiger partial charge is 0.807 e. The van der Waals surface area contributed by atoms with E-state index >= 15 is 0 Å². The van der Waals surface area contributed by atoms with Gasteiger partial charge in [0.25, 0.3) is 0 Å². The Balaban J connectivity index is -0.000000591. The molecule has 138 valence electrons. The Morgan fingerprint density at radius 2 is 1.55 bits per heavy atom. The third-order valence-corrected chi connectivity index (χ3v) is 3.70. The molecule has 1 unspecified atom stereocenters. The van der Waals surface area contributed by atoms with Gasteiger partial charge in [-0.15, -0.1) is 6.58 Å². The maximum atomic E-state index is 12.1. The molecule has 0 fully saturated rings. The van der Waals surface area contributed by atoms with Gasteiger partial charge in [0.2, 0.25) is 5.78 Å². The quantitative estimate of drug-likeness (QED) is 0.188. The number of carbonyl (C=O) groups excluding carboxylic acids is 3. The Morgan fingerprint density at radius 3 is 1.93 bits per heavy atom. The number of carboxylic acid groups (broad SMARTS) is 1. The van der Waals surface area contributed by atoms with Gasteiger partial charge in [0.05, 0.1) is 12.8 Å². The van der Waals surface area contributed by atoms with Gasteiger partial charge in [-0.1, -0.05) is 36.4 Å². The number of ketones is 2. The second-order valence-corrected chi connectivity index (χ2v) is 6.29. The van der Waals surface area contributed by atoms with Crippen molar-refractivity contribution in [1.82, 2.24) is 0 Å². The molecular formula is C17H14Na3O8P. The van der Waals surface area contributed by atoms with Crippen LogP contribution in [0.3, 0.4) is 0 Å². The van der Waals surface area contributed by atoms with Gasteiger partial charge in [-0.2, -0.15) is 0 Å². The molecule has 0 spiro atoms. The molecule has 0 saturated heterocycles. The van der Waals surface area contributed by atoms with Crippen LogP contribution >= 0.6 is 7.60 Å². The van der Waals surface area contributed by atoms with Crippen molar-refractivity contribution in [1.29, 1.82) is 0 Å². The molecule has 0 bridgehead atoms. The zero-order valence-electron chi connectivity index (χ0n) is 16.6. The second-order valence-electron chi connectivity index (χ2n) is 4.93. The summed E-state index contributed by atoms with van der Waals surface area (Å²) in [4.78, 5) is 51.1. The van der Waals surface area contributed by atoms with Gasteiger partial charge in [0.15, 0.2) is 11.5 Å². The summed E-state index contributed by atoms with van der Waals surface area (Å²) in [5.41, 5.74) is -1.21. The van der Waals surface area contributed by atoms with Crippen molar-refractivity contribution < 1.29 is 127 Å². The maximum absolute atomic E-state index is 12.1. The van der Waals surface area contributed by atoms with Crippen LogP contribution in [-0.2, 0) is 18.9 Å². The molecule has 1 aliphatic carbocycles. The van der Waals surface area contributed by atoms with Crippen molar-refractivity contribution in [2.75, 3.05) is 7.11 Å². The molecule has 0 aromatic heterocycles. The summed E-state index contributed by atoms with van der Waals surface area (Å²) < 4.78 is 14.0. The summed E-state index contributed by atoms with van der Waals surface area (Å²) in [6.45, 7) is 3.75. The number of rotatable bonds is 5. The number of ether oxygens (including phenoxy) is 1. The molecule has 1 aromatic carbocycles.